The van der Waals surface area contributed by atoms with Crippen LogP contribution in [0.3, 0.4) is 0 Å². The Morgan fingerprint density at radius 1 is 1.00 bits per heavy atom. The lowest BCUT2D eigenvalue weighted by Crippen LogP contribution is -2.45. The van der Waals surface area contributed by atoms with E-state index in [2.05, 4.69) is 11.9 Å². The number of rotatable bonds is 3. The van der Waals surface area contributed by atoms with Gasteiger partial charge in [0, 0.05) is 29.3 Å². The molecule has 0 aliphatic carbocycles. The largest absolute Gasteiger partial charge is 0.361 e. The molecule has 2 aromatic carbocycles. The van der Waals surface area contributed by atoms with Crippen molar-refractivity contribution in [3.8, 4) is 5.69 Å². The zero-order valence-electron chi connectivity index (χ0n) is 13.0. The van der Waals surface area contributed by atoms with Gasteiger partial charge in [-0.2, -0.15) is 0 Å². The van der Waals surface area contributed by atoms with Crippen molar-refractivity contribution >= 4 is 18.5 Å². The van der Waals surface area contributed by atoms with Crippen LogP contribution in [-0.4, -0.2) is 4.57 Å². The molecule has 1 aromatic heterocycles. The van der Waals surface area contributed by atoms with Gasteiger partial charge in [-0.1, -0.05) is 43.0 Å². The maximum Gasteiger partial charge on any atom is 0.191 e. The number of aromatic nitrogens is 1. The SMILES string of the molecule is C=c1/c(=C/Nc2ccccc2)c(=O)cc(C)n1-c1ccccc1. The van der Waals surface area contributed by atoms with Gasteiger partial charge in [0.05, 0.1) is 10.6 Å². The van der Waals surface area contributed by atoms with Gasteiger partial charge in [-0.3, -0.25) is 4.79 Å². The van der Waals surface area contributed by atoms with Crippen LogP contribution in [0.25, 0.3) is 18.5 Å². The molecule has 3 aromatic rings. The summed E-state index contributed by atoms with van der Waals surface area (Å²) in [6.07, 6.45) is 1.72. The maximum atomic E-state index is 12.3. The highest BCUT2D eigenvalue weighted by Crippen LogP contribution is 2.06. The molecule has 0 fully saturated rings. The number of para-hydroxylation sites is 2. The van der Waals surface area contributed by atoms with Crippen LogP contribution in [0.2, 0.25) is 0 Å². The molecule has 0 unspecified atom stereocenters. The smallest absolute Gasteiger partial charge is 0.191 e. The van der Waals surface area contributed by atoms with Crippen LogP contribution in [-0.2, 0) is 0 Å². The van der Waals surface area contributed by atoms with Crippen LogP contribution in [0.1, 0.15) is 5.69 Å². The van der Waals surface area contributed by atoms with Gasteiger partial charge < -0.3 is 9.88 Å². The van der Waals surface area contributed by atoms with Crippen LogP contribution in [0, 0.1) is 6.92 Å². The molecule has 0 aliphatic heterocycles. The fourth-order valence-corrected chi connectivity index (χ4v) is 2.59. The van der Waals surface area contributed by atoms with Crippen molar-refractivity contribution in [2.24, 2.45) is 0 Å². The Balaban J connectivity index is 2.15. The fraction of sp³-hybridized carbons (Fsp3) is 0.0500. The van der Waals surface area contributed by atoms with Crippen molar-refractivity contribution in [2.75, 3.05) is 5.32 Å². The molecule has 23 heavy (non-hydrogen) atoms. The monoisotopic (exact) mass is 302 g/mol. The lowest BCUT2D eigenvalue weighted by molar-refractivity contribution is 0.925. The van der Waals surface area contributed by atoms with Crippen molar-refractivity contribution in [2.45, 2.75) is 6.92 Å². The minimum atomic E-state index is -0.0388. The fourth-order valence-electron chi connectivity index (χ4n) is 2.59. The number of nitrogens with zero attached hydrogens (tertiary/aromatic N) is 1. The number of pyridine rings is 1. The Morgan fingerprint density at radius 3 is 2.26 bits per heavy atom. The summed E-state index contributed by atoms with van der Waals surface area (Å²) in [6, 6.07) is 21.3. The third-order valence-corrected chi connectivity index (χ3v) is 3.71. The molecule has 0 bridgehead atoms. The van der Waals surface area contributed by atoms with Crippen LogP contribution >= 0.6 is 0 Å². The minimum absolute atomic E-state index is 0.0388. The summed E-state index contributed by atoms with van der Waals surface area (Å²) in [5.41, 5.74) is 2.74. The number of hydrogen-bond acceptors (Lipinski definition) is 2. The third-order valence-electron chi connectivity index (χ3n) is 3.71. The van der Waals surface area contributed by atoms with Gasteiger partial charge >= 0.3 is 0 Å². The number of anilines is 1. The molecule has 1 heterocycles. The van der Waals surface area contributed by atoms with Crippen LogP contribution < -0.4 is 21.3 Å². The van der Waals surface area contributed by atoms with Gasteiger partial charge in [0.15, 0.2) is 5.43 Å². The molecular weight excluding hydrogens is 284 g/mol. The second kappa shape index (κ2) is 6.36. The van der Waals surface area contributed by atoms with E-state index in [0.29, 0.717) is 10.6 Å². The zero-order chi connectivity index (χ0) is 16.2. The molecule has 3 nitrogen and oxygen atoms in total. The second-order valence-electron chi connectivity index (χ2n) is 5.34. The maximum absolute atomic E-state index is 12.3. The van der Waals surface area contributed by atoms with E-state index >= 15 is 0 Å². The third kappa shape index (κ3) is 3.09. The first-order valence-corrected chi connectivity index (χ1v) is 7.45. The molecule has 0 atom stereocenters. The Bertz CT molecular complexity index is 974. The van der Waals surface area contributed by atoms with Gasteiger partial charge in [-0.25, -0.2) is 0 Å². The van der Waals surface area contributed by atoms with Gasteiger partial charge in [-0.15, -0.1) is 0 Å². The van der Waals surface area contributed by atoms with Crippen LogP contribution in [0.15, 0.2) is 71.5 Å². The zero-order valence-corrected chi connectivity index (χ0v) is 13.0. The van der Waals surface area contributed by atoms with Crippen molar-refractivity contribution in [1.82, 2.24) is 4.57 Å². The van der Waals surface area contributed by atoms with Gasteiger partial charge in [0.1, 0.15) is 0 Å². The lowest BCUT2D eigenvalue weighted by Gasteiger charge is -2.12. The van der Waals surface area contributed by atoms with Gasteiger partial charge in [0.2, 0.25) is 0 Å². The van der Waals surface area contributed by atoms with Gasteiger partial charge in [0.25, 0.3) is 0 Å². The lowest BCUT2D eigenvalue weighted by atomic mass is 10.2. The Kier molecular flexibility index (Phi) is 4.11. The molecule has 3 rings (SSSR count). The van der Waals surface area contributed by atoms with E-state index in [4.69, 9.17) is 0 Å². The van der Waals surface area contributed by atoms with E-state index in [1.54, 1.807) is 12.3 Å². The summed E-state index contributed by atoms with van der Waals surface area (Å²) in [7, 11) is 0. The second-order valence-corrected chi connectivity index (χ2v) is 5.34. The van der Waals surface area contributed by atoms with Crippen molar-refractivity contribution < 1.29 is 0 Å². The average molecular weight is 302 g/mol. The molecule has 0 saturated carbocycles. The predicted molar refractivity (Wildman–Crippen MR) is 96.1 cm³/mol. The number of hydrogen-bond donors (Lipinski definition) is 1. The summed E-state index contributed by atoms with van der Waals surface area (Å²) < 4.78 is 1.99. The highest BCUT2D eigenvalue weighted by molar-refractivity contribution is 5.54. The predicted octanol–water partition coefficient (Wildman–Crippen LogP) is 2.41. The molecule has 3 heteroatoms. The Morgan fingerprint density at radius 2 is 1.61 bits per heavy atom. The first-order valence-electron chi connectivity index (χ1n) is 7.45. The quantitative estimate of drug-likeness (QED) is 0.806. The highest BCUT2D eigenvalue weighted by Gasteiger charge is 2.03. The molecule has 0 radical (unpaired) electrons. The molecule has 0 aliphatic rings. The van der Waals surface area contributed by atoms with E-state index in [0.717, 1.165) is 17.1 Å². The average Bonchev–Trinajstić information content (AvgIpc) is 2.56. The van der Waals surface area contributed by atoms with E-state index in [1.807, 2.05) is 72.2 Å². The molecule has 0 saturated heterocycles. The van der Waals surface area contributed by atoms with Crippen LogP contribution in [0.5, 0.6) is 0 Å². The number of nitrogens with one attached hydrogen (secondary N) is 1. The van der Waals surface area contributed by atoms with E-state index in [9.17, 15) is 4.79 Å². The summed E-state index contributed by atoms with van der Waals surface area (Å²) >= 11 is 0. The normalized spacial score (nSPS) is 11.4. The molecule has 0 spiro atoms. The number of aryl methyl sites for hydroxylation is 1. The summed E-state index contributed by atoms with van der Waals surface area (Å²) in [6.45, 7) is 6.04. The molecule has 1 N–H and O–H groups in total. The van der Waals surface area contributed by atoms with E-state index in [-0.39, 0.29) is 5.43 Å². The summed E-state index contributed by atoms with van der Waals surface area (Å²) in [4.78, 5) is 12.3. The number of benzene rings is 2. The first kappa shape index (κ1) is 14.9. The van der Waals surface area contributed by atoms with E-state index < -0.39 is 0 Å². The Labute approximate surface area is 134 Å². The van der Waals surface area contributed by atoms with Crippen molar-refractivity contribution in [1.29, 1.82) is 0 Å². The van der Waals surface area contributed by atoms with E-state index in [1.165, 1.54) is 0 Å². The molecular formula is C20H18N2O. The minimum Gasteiger partial charge on any atom is -0.361 e. The van der Waals surface area contributed by atoms with Crippen molar-refractivity contribution in [3.63, 3.8) is 0 Å². The first-order chi connectivity index (χ1) is 11.2. The summed E-state index contributed by atoms with van der Waals surface area (Å²) in [5.74, 6) is 0. The molecule has 0 amide bonds. The Hall–Kier alpha value is -3.07. The van der Waals surface area contributed by atoms with Gasteiger partial charge in [-0.05, 0) is 31.2 Å². The topological polar surface area (TPSA) is 34.0 Å². The summed E-state index contributed by atoms with van der Waals surface area (Å²) in [5, 5.41) is 4.39. The van der Waals surface area contributed by atoms with Crippen molar-refractivity contribution in [3.05, 3.63) is 93.2 Å². The highest BCUT2D eigenvalue weighted by atomic mass is 16.1. The standard InChI is InChI=1S/C20H18N2O/c1-15-13-20(23)19(14-21-17-9-5-3-6-10-17)16(2)22(15)18-11-7-4-8-12-18/h3-14,21H,2H2,1H3/b19-14-. The molecule has 114 valence electrons. The van der Waals surface area contributed by atoms with Crippen LogP contribution in [0.4, 0.5) is 5.69 Å².